The van der Waals surface area contributed by atoms with Crippen LogP contribution in [0.25, 0.3) is 12.2 Å². The van der Waals surface area contributed by atoms with Gasteiger partial charge in [-0.3, -0.25) is 9.59 Å². The number of likely N-dealkylation sites (N-methyl/N-ethyl adjacent to an activating group) is 1. The van der Waals surface area contributed by atoms with Crippen molar-refractivity contribution >= 4 is 41.0 Å². The van der Waals surface area contributed by atoms with Crippen molar-refractivity contribution in [3.8, 4) is 5.75 Å². The summed E-state index contributed by atoms with van der Waals surface area (Å²) >= 11 is 1.50. The predicted molar refractivity (Wildman–Crippen MR) is 103 cm³/mol. The Balaban J connectivity index is 1.50. The molecule has 1 fully saturated rings. The maximum Gasteiger partial charge on any atom is 0.293 e. The summed E-state index contributed by atoms with van der Waals surface area (Å²) in [5.41, 5.74) is 1.68. The summed E-state index contributed by atoms with van der Waals surface area (Å²) < 4.78 is 5.77. The molecule has 0 radical (unpaired) electrons. The molecule has 1 N–H and O–H groups in total. The Hall–Kier alpha value is -2.86. The number of ether oxygens (including phenoxy) is 1. The molecule has 1 aromatic carbocycles. The SMILES string of the molecule is CN1C(=O)/C(=C/c2cc(/C=C/C(=O)NC3CC3)cs2)Oc2ccccc21. The fourth-order valence-electron chi connectivity index (χ4n) is 2.66. The number of nitrogens with zero attached hydrogens (tertiary/aromatic N) is 1. The van der Waals surface area contributed by atoms with E-state index in [9.17, 15) is 9.59 Å². The zero-order chi connectivity index (χ0) is 18.1. The molecule has 26 heavy (non-hydrogen) atoms. The van der Waals surface area contributed by atoms with Gasteiger partial charge in [0.2, 0.25) is 5.91 Å². The van der Waals surface area contributed by atoms with Gasteiger partial charge in [0.1, 0.15) is 0 Å². The number of hydrogen-bond donors (Lipinski definition) is 1. The second kappa shape index (κ2) is 6.80. The van der Waals surface area contributed by atoms with Crippen LogP contribution in [0.1, 0.15) is 23.3 Å². The van der Waals surface area contributed by atoms with E-state index in [-0.39, 0.29) is 17.6 Å². The van der Waals surface area contributed by atoms with E-state index in [0.717, 1.165) is 29.0 Å². The highest BCUT2D eigenvalue weighted by atomic mass is 32.1. The van der Waals surface area contributed by atoms with Gasteiger partial charge in [0.05, 0.1) is 5.69 Å². The van der Waals surface area contributed by atoms with Crippen LogP contribution in [-0.2, 0) is 9.59 Å². The van der Waals surface area contributed by atoms with E-state index in [2.05, 4.69) is 5.32 Å². The third kappa shape index (κ3) is 3.55. The highest BCUT2D eigenvalue weighted by Crippen LogP contribution is 2.34. The summed E-state index contributed by atoms with van der Waals surface area (Å²) in [5.74, 6) is 0.699. The highest BCUT2D eigenvalue weighted by molar-refractivity contribution is 7.11. The number of nitrogens with one attached hydrogen (secondary N) is 1. The van der Waals surface area contributed by atoms with Gasteiger partial charge in [-0.15, -0.1) is 11.3 Å². The Kier molecular flexibility index (Phi) is 4.34. The second-order valence-electron chi connectivity index (χ2n) is 6.34. The van der Waals surface area contributed by atoms with E-state index < -0.39 is 0 Å². The first kappa shape index (κ1) is 16.6. The lowest BCUT2D eigenvalue weighted by atomic mass is 10.2. The van der Waals surface area contributed by atoms with E-state index >= 15 is 0 Å². The molecule has 1 aromatic heterocycles. The lowest BCUT2D eigenvalue weighted by molar-refractivity contribution is -0.117. The van der Waals surface area contributed by atoms with Crippen LogP contribution in [0, 0.1) is 0 Å². The summed E-state index contributed by atoms with van der Waals surface area (Å²) in [7, 11) is 1.73. The van der Waals surface area contributed by atoms with Crippen molar-refractivity contribution in [3.05, 3.63) is 58.0 Å². The van der Waals surface area contributed by atoms with Crippen LogP contribution < -0.4 is 15.0 Å². The Morgan fingerprint density at radius 2 is 2.15 bits per heavy atom. The summed E-state index contributed by atoms with van der Waals surface area (Å²) in [4.78, 5) is 26.7. The van der Waals surface area contributed by atoms with Gasteiger partial charge in [0.15, 0.2) is 11.5 Å². The van der Waals surface area contributed by atoms with Gasteiger partial charge in [-0.2, -0.15) is 0 Å². The molecule has 2 amide bonds. The van der Waals surface area contributed by atoms with Gasteiger partial charge >= 0.3 is 0 Å². The van der Waals surface area contributed by atoms with Crippen LogP contribution in [0.2, 0.25) is 0 Å². The Morgan fingerprint density at radius 1 is 1.35 bits per heavy atom. The minimum atomic E-state index is -0.182. The summed E-state index contributed by atoms with van der Waals surface area (Å²) in [6, 6.07) is 9.72. The maximum absolute atomic E-state index is 12.5. The number of carbonyl (C=O) groups is 2. The molecule has 2 aromatic rings. The van der Waals surface area contributed by atoms with Crippen LogP contribution in [0.3, 0.4) is 0 Å². The molecule has 0 saturated heterocycles. The van der Waals surface area contributed by atoms with Gasteiger partial charge in [-0.05, 0) is 48.1 Å². The zero-order valence-electron chi connectivity index (χ0n) is 14.3. The standard InChI is InChI=1S/C20H18N2O3S/c1-22-16-4-2-3-5-17(16)25-18(20(22)24)11-15-10-13(12-26-15)6-9-19(23)21-14-7-8-14/h2-6,9-12,14H,7-8H2,1H3,(H,21,23)/b9-6+,18-11-. The number of rotatable bonds is 4. The van der Waals surface area contributed by atoms with Crippen molar-refractivity contribution in [2.24, 2.45) is 0 Å². The summed E-state index contributed by atoms with van der Waals surface area (Å²) in [5, 5.41) is 4.85. The summed E-state index contributed by atoms with van der Waals surface area (Å²) in [6.45, 7) is 0. The van der Waals surface area contributed by atoms with Crippen LogP contribution >= 0.6 is 11.3 Å². The molecule has 4 rings (SSSR count). The minimum absolute atomic E-state index is 0.0670. The van der Waals surface area contributed by atoms with E-state index in [0.29, 0.717) is 11.8 Å². The van der Waals surface area contributed by atoms with Crippen molar-refractivity contribution in [1.82, 2.24) is 5.32 Å². The monoisotopic (exact) mass is 366 g/mol. The summed E-state index contributed by atoms with van der Waals surface area (Å²) in [6.07, 6.45) is 7.20. The van der Waals surface area contributed by atoms with Crippen molar-refractivity contribution in [1.29, 1.82) is 0 Å². The third-order valence-corrected chi connectivity index (χ3v) is 5.12. The molecule has 1 aliphatic carbocycles. The number of amides is 2. The second-order valence-corrected chi connectivity index (χ2v) is 7.28. The van der Waals surface area contributed by atoms with Crippen molar-refractivity contribution < 1.29 is 14.3 Å². The van der Waals surface area contributed by atoms with Gasteiger partial charge < -0.3 is 15.0 Å². The van der Waals surface area contributed by atoms with Crippen molar-refractivity contribution in [3.63, 3.8) is 0 Å². The topological polar surface area (TPSA) is 58.6 Å². The van der Waals surface area contributed by atoms with Crippen LogP contribution in [-0.4, -0.2) is 24.9 Å². The van der Waals surface area contributed by atoms with E-state index in [1.165, 1.54) is 11.3 Å². The Bertz CT molecular complexity index is 925. The molecule has 1 saturated carbocycles. The number of thiophene rings is 1. The molecule has 1 aliphatic heterocycles. The van der Waals surface area contributed by atoms with Crippen molar-refractivity contribution in [2.75, 3.05) is 11.9 Å². The Morgan fingerprint density at radius 3 is 2.96 bits per heavy atom. The molecule has 0 unspecified atom stereocenters. The molecule has 5 nitrogen and oxygen atoms in total. The lowest BCUT2D eigenvalue weighted by Crippen LogP contribution is -2.33. The largest absolute Gasteiger partial charge is 0.449 e. The van der Waals surface area contributed by atoms with E-state index in [1.807, 2.05) is 35.7 Å². The normalized spacial score (nSPS) is 18.1. The number of fused-ring (bicyclic) bond motifs is 1. The fourth-order valence-corrected chi connectivity index (χ4v) is 3.46. The third-order valence-electron chi connectivity index (χ3n) is 4.23. The first-order chi connectivity index (χ1) is 12.6. The van der Waals surface area contributed by atoms with Gasteiger partial charge in [-0.1, -0.05) is 12.1 Å². The molecule has 0 spiro atoms. The maximum atomic E-state index is 12.5. The lowest BCUT2D eigenvalue weighted by Gasteiger charge is -2.27. The molecule has 0 bridgehead atoms. The first-order valence-corrected chi connectivity index (χ1v) is 9.32. The van der Waals surface area contributed by atoms with Crippen LogP contribution in [0.4, 0.5) is 5.69 Å². The van der Waals surface area contributed by atoms with Crippen LogP contribution in [0.15, 0.2) is 47.5 Å². The van der Waals surface area contributed by atoms with Gasteiger partial charge in [0.25, 0.3) is 5.91 Å². The smallest absolute Gasteiger partial charge is 0.293 e. The average Bonchev–Trinajstić information content (AvgIpc) is 3.34. The van der Waals surface area contributed by atoms with E-state index in [1.54, 1.807) is 30.2 Å². The van der Waals surface area contributed by atoms with Crippen molar-refractivity contribution in [2.45, 2.75) is 18.9 Å². The molecule has 0 atom stereocenters. The molecule has 6 heteroatoms. The highest BCUT2D eigenvalue weighted by Gasteiger charge is 2.27. The molecule has 2 aliphatic rings. The first-order valence-electron chi connectivity index (χ1n) is 8.44. The molecular formula is C20H18N2O3S. The minimum Gasteiger partial charge on any atom is -0.449 e. The molecular weight excluding hydrogens is 348 g/mol. The number of carbonyl (C=O) groups excluding carboxylic acids is 2. The van der Waals surface area contributed by atoms with Crippen LogP contribution in [0.5, 0.6) is 5.75 Å². The zero-order valence-corrected chi connectivity index (χ0v) is 15.1. The molecule has 132 valence electrons. The predicted octanol–water partition coefficient (Wildman–Crippen LogP) is 3.44. The van der Waals surface area contributed by atoms with Gasteiger partial charge in [-0.25, -0.2) is 0 Å². The van der Waals surface area contributed by atoms with Gasteiger partial charge in [0, 0.05) is 30.1 Å². The quantitative estimate of drug-likeness (QED) is 0.844. The number of benzene rings is 1. The number of hydrogen-bond acceptors (Lipinski definition) is 4. The number of anilines is 1. The Labute approximate surface area is 155 Å². The van der Waals surface area contributed by atoms with E-state index in [4.69, 9.17) is 4.74 Å². The molecule has 2 heterocycles. The fraction of sp³-hybridized carbons (Fsp3) is 0.200. The number of para-hydroxylation sites is 2. The average molecular weight is 366 g/mol.